The van der Waals surface area contributed by atoms with E-state index in [1.165, 1.54) is 20.8 Å². The SMILES string of the molecule is CC1OC(CO)[C@@H](O[C@@H]2OC(CO)[C@@H](O)[C@@H](O)C2O)[C@@H]([18F])[C@@H]1O.CC1OC(CO)[C@@H](O[C@@H]2OC(C[18F])[C@@H](O)[C@@H](O)C2O)[C@@H](O)[C@@H]1O.CC1OC(C[18F])[C@@H](O[C@@H]2OC(CO)[C@@H](O)[C@@H](O)C2O)[C@@H](O)[C@@H]1O. The van der Waals surface area contributed by atoms with Crippen molar-refractivity contribution in [1.29, 1.82) is 0 Å². The molecule has 69 heavy (non-hydrogen) atoms. The smallest absolute Gasteiger partial charge is 0.187 e. The van der Waals surface area contributed by atoms with Gasteiger partial charge in [0.1, 0.15) is 154 Å². The van der Waals surface area contributed by atoms with Crippen molar-refractivity contribution >= 4 is 0 Å². The van der Waals surface area contributed by atoms with Crippen molar-refractivity contribution < 1.29 is 148 Å². The van der Waals surface area contributed by atoms with Gasteiger partial charge in [0.05, 0.1) is 44.7 Å². The molecular formula is C39H69F3O27. The molecule has 0 spiro atoms. The Balaban J connectivity index is 0.000000225. The normalized spacial score (nSPS) is 51.7. The number of hydrogen-bond donors (Lipinski definition) is 18. The van der Waals surface area contributed by atoms with E-state index in [1.54, 1.807) is 0 Å². The largest absolute Gasteiger partial charge is 0.394 e. The first-order chi connectivity index (χ1) is 32.4. The second kappa shape index (κ2) is 26.8. The summed E-state index contributed by atoms with van der Waals surface area (Å²) >= 11 is 0. The van der Waals surface area contributed by atoms with E-state index >= 15 is 0 Å². The van der Waals surface area contributed by atoms with Crippen LogP contribution >= 0.6 is 0 Å². The molecule has 0 radical (unpaired) electrons. The number of hydrogen-bond acceptors (Lipinski definition) is 27. The van der Waals surface area contributed by atoms with Gasteiger partial charge in [-0.2, -0.15) is 0 Å². The van der Waals surface area contributed by atoms with Crippen molar-refractivity contribution in [3.8, 4) is 0 Å². The highest BCUT2D eigenvalue weighted by atomic mass is 18.2. The van der Waals surface area contributed by atoms with Crippen molar-refractivity contribution in [2.75, 3.05) is 39.8 Å². The summed E-state index contributed by atoms with van der Waals surface area (Å²) in [5, 5.41) is 174. The zero-order valence-corrected chi connectivity index (χ0v) is 37.4. The van der Waals surface area contributed by atoms with Crippen LogP contribution in [0.1, 0.15) is 20.8 Å². The van der Waals surface area contributed by atoms with Crippen LogP contribution in [-0.2, 0) is 42.6 Å². The Kier molecular flexibility index (Phi) is 23.4. The highest BCUT2D eigenvalue weighted by Crippen LogP contribution is 2.33. The Labute approximate surface area is 391 Å². The van der Waals surface area contributed by atoms with Gasteiger partial charge in [0.15, 0.2) is 25.0 Å². The summed E-state index contributed by atoms with van der Waals surface area (Å²) in [5.41, 5.74) is 0. The highest BCUT2D eigenvalue weighted by Gasteiger charge is 2.53. The van der Waals surface area contributed by atoms with Crippen LogP contribution < -0.4 is 0 Å². The molecule has 6 rings (SSSR count). The van der Waals surface area contributed by atoms with Crippen LogP contribution in [-0.4, -0.2) is 315 Å². The average Bonchev–Trinajstić information content (AvgIpc) is 3.34. The first kappa shape index (κ1) is 60.3. The lowest BCUT2D eigenvalue weighted by atomic mass is 9.95. The van der Waals surface area contributed by atoms with Crippen LogP contribution in [0.4, 0.5) is 13.2 Å². The van der Waals surface area contributed by atoms with E-state index in [2.05, 4.69) is 0 Å². The van der Waals surface area contributed by atoms with Gasteiger partial charge in [-0.15, -0.1) is 0 Å². The number of halogens is 3. The first-order valence-corrected chi connectivity index (χ1v) is 22.1. The van der Waals surface area contributed by atoms with Gasteiger partial charge in [-0.1, -0.05) is 0 Å². The monoisotopic (exact) mass is 1020 g/mol. The minimum absolute atomic E-state index is 0.542. The molecule has 0 aliphatic carbocycles. The van der Waals surface area contributed by atoms with E-state index in [0.717, 1.165) is 0 Å². The quantitative estimate of drug-likeness (QED) is 0.0863. The van der Waals surface area contributed by atoms with Crippen LogP contribution in [0.2, 0.25) is 0 Å². The minimum atomic E-state index is -1.93. The minimum Gasteiger partial charge on any atom is -0.394 e. The molecule has 0 bridgehead atoms. The molecule has 0 aromatic rings. The fourth-order valence-corrected chi connectivity index (χ4v) is 8.24. The maximum absolute atomic E-state index is 14.3. The molecule has 27 nitrogen and oxygen atoms in total. The molecule has 30 atom stereocenters. The second-order valence-corrected chi connectivity index (χ2v) is 17.4. The predicted octanol–water partition coefficient (Wildman–Crippen LogP) is -10.0. The molecular weight excluding hydrogens is 954 g/mol. The Morgan fingerprint density at radius 3 is 0.971 bits per heavy atom. The van der Waals surface area contributed by atoms with Crippen LogP contribution in [0.3, 0.4) is 0 Å². The topological polar surface area (TPSA) is 447 Å². The van der Waals surface area contributed by atoms with Gasteiger partial charge >= 0.3 is 0 Å². The van der Waals surface area contributed by atoms with Crippen molar-refractivity contribution in [2.24, 2.45) is 0 Å². The fourth-order valence-electron chi connectivity index (χ4n) is 8.24. The lowest BCUT2D eigenvalue weighted by Crippen LogP contribution is -2.64. The van der Waals surface area contributed by atoms with E-state index < -0.39 is 224 Å². The highest BCUT2D eigenvalue weighted by molar-refractivity contribution is 4.98. The fraction of sp³-hybridized carbons (Fsp3) is 1.00. The lowest BCUT2D eigenvalue weighted by Gasteiger charge is -2.45. The number of alkyl halides is 3. The van der Waals surface area contributed by atoms with Gasteiger partial charge in [0.25, 0.3) is 0 Å². The number of aliphatic hydroxyl groups excluding tert-OH is 18. The summed E-state index contributed by atoms with van der Waals surface area (Å²) in [7, 11) is 0. The average molecular weight is 1020 g/mol. The number of aliphatic hydroxyl groups is 18. The Morgan fingerprint density at radius 2 is 0.609 bits per heavy atom. The third-order valence-corrected chi connectivity index (χ3v) is 12.6. The van der Waals surface area contributed by atoms with Gasteiger partial charge in [-0.05, 0) is 20.8 Å². The summed E-state index contributed by atoms with van der Waals surface area (Å²) in [5.74, 6) is 0. The lowest BCUT2D eigenvalue weighted by molar-refractivity contribution is -0.340. The maximum atomic E-state index is 14.3. The summed E-state index contributed by atoms with van der Waals surface area (Å²) in [6, 6.07) is 0. The van der Waals surface area contributed by atoms with Gasteiger partial charge < -0.3 is 135 Å². The zero-order chi connectivity index (χ0) is 51.9. The predicted molar refractivity (Wildman–Crippen MR) is 213 cm³/mol. The van der Waals surface area contributed by atoms with Crippen molar-refractivity contribution in [3.63, 3.8) is 0 Å². The molecule has 6 heterocycles. The third kappa shape index (κ3) is 13.7. The van der Waals surface area contributed by atoms with E-state index in [0.29, 0.717) is 0 Å². The third-order valence-electron chi connectivity index (χ3n) is 12.6. The Bertz CT molecular complexity index is 1310. The van der Waals surface area contributed by atoms with E-state index in [4.69, 9.17) is 52.8 Å². The molecule has 30 heteroatoms. The molecule has 0 aromatic carbocycles. The zero-order valence-electron chi connectivity index (χ0n) is 37.4. The van der Waals surface area contributed by atoms with E-state index in [1.807, 2.05) is 0 Å². The molecule has 6 aliphatic heterocycles. The molecule has 0 saturated carbocycles. The molecule has 6 saturated heterocycles. The summed E-state index contributed by atoms with van der Waals surface area (Å²) < 4.78 is 87.2. The van der Waals surface area contributed by atoms with Crippen molar-refractivity contribution in [3.05, 3.63) is 0 Å². The van der Waals surface area contributed by atoms with Crippen LogP contribution in [0, 0.1) is 0 Å². The molecule has 0 aromatic heterocycles. The Morgan fingerprint density at radius 1 is 0.319 bits per heavy atom. The maximum Gasteiger partial charge on any atom is 0.187 e. The Hall–Kier alpha value is -1.29. The molecule has 12 unspecified atom stereocenters. The van der Waals surface area contributed by atoms with Crippen LogP contribution in [0.15, 0.2) is 0 Å². The van der Waals surface area contributed by atoms with Crippen LogP contribution in [0.25, 0.3) is 0 Å². The van der Waals surface area contributed by atoms with Crippen molar-refractivity contribution in [1.82, 2.24) is 0 Å². The summed E-state index contributed by atoms with van der Waals surface area (Å²) in [6.45, 7) is -0.204. The van der Waals surface area contributed by atoms with Gasteiger partial charge in [0.2, 0.25) is 0 Å². The summed E-state index contributed by atoms with van der Waals surface area (Å²) in [4.78, 5) is 0. The standard InChI is InChI=1S/3C13H23FO9/c1-4-8(17)7(14)12(6(3-16)21-4)23-13-11(20)10(19)9(18)5(2-15)22-13;1-4-7(16)10(19)12(5(2-14)21-4)23-13-11(20)9(18)8(17)6(3-15)22-13;1-4-7(16)10(19)12(6(3-15)21-4)23-13-11(20)9(18)8(17)5(2-14)22-13/h3*4-13,15-20H,2-3H2,1H3/t4?,5?,6?,7-,8+,9+,10+,11?,12+,13-;2*4?,5?,6?,7-,8-,9-,10+,11?,12-,13+/m011/s1/i3*14-1. The molecule has 6 aliphatic rings. The number of rotatable bonds is 12. The molecule has 6 fully saturated rings. The second-order valence-electron chi connectivity index (χ2n) is 17.4. The van der Waals surface area contributed by atoms with E-state index in [-0.39, 0.29) is 0 Å². The van der Waals surface area contributed by atoms with Gasteiger partial charge in [0, 0.05) is 0 Å². The van der Waals surface area contributed by atoms with E-state index in [9.17, 15) is 94.9 Å². The molecule has 0 amide bonds. The van der Waals surface area contributed by atoms with Gasteiger partial charge in [-0.25, -0.2) is 13.2 Å². The molecule has 18 N–H and O–H groups in total. The first-order valence-electron chi connectivity index (χ1n) is 22.1. The van der Waals surface area contributed by atoms with Crippen molar-refractivity contribution in [2.45, 2.75) is 205 Å². The van der Waals surface area contributed by atoms with Crippen LogP contribution in [0.5, 0.6) is 0 Å². The molecule has 408 valence electrons. The number of ether oxygens (including phenoxy) is 9. The van der Waals surface area contributed by atoms with Gasteiger partial charge in [-0.3, -0.25) is 0 Å². The summed E-state index contributed by atoms with van der Waals surface area (Å²) in [6.07, 6.45) is -42.4.